The molecule has 1 saturated heterocycles. The predicted octanol–water partition coefficient (Wildman–Crippen LogP) is 5.26. The van der Waals surface area contributed by atoms with Crippen molar-refractivity contribution in [1.29, 1.82) is 0 Å². The second kappa shape index (κ2) is 14.7. The predicted molar refractivity (Wildman–Crippen MR) is 151 cm³/mol. The second-order valence-corrected chi connectivity index (χ2v) is 11.3. The molecule has 193 valence electrons. The molecule has 4 nitrogen and oxygen atoms in total. The van der Waals surface area contributed by atoms with E-state index in [0.717, 1.165) is 27.9 Å². The molecule has 2 aromatic carbocycles. The number of aryl methyl sites for hydroxylation is 1. The van der Waals surface area contributed by atoms with Crippen LogP contribution in [-0.4, -0.2) is 35.0 Å². The smallest absolute Gasteiger partial charge is 0.438 e. The van der Waals surface area contributed by atoms with Gasteiger partial charge in [0, 0.05) is 23.9 Å². The summed E-state index contributed by atoms with van der Waals surface area (Å²) in [6, 6.07) is 15.8. The summed E-state index contributed by atoms with van der Waals surface area (Å²) in [6.07, 6.45) is 4.71. The third-order valence-electron chi connectivity index (χ3n) is 7.17. The Bertz CT molecular complexity index is 944. The molecule has 1 N–H and O–H groups in total. The number of ether oxygens (including phenoxy) is 1. The molecule has 36 heavy (non-hydrogen) atoms. The third kappa shape index (κ3) is 8.98. The zero-order valence-corrected chi connectivity index (χ0v) is 25.2. The van der Waals surface area contributed by atoms with E-state index >= 15 is 0 Å². The van der Waals surface area contributed by atoms with Crippen molar-refractivity contribution in [2.45, 2.75) is 97.5 Å². The van der Waals surface area contributed by atoms with Crippen LogP contribution in [0.3, 0.4) is 0 Å². The van der Waals surface area contributed by atoms with Crippen LogP contribution in [0.2, 0.25) is 19.0 Å². The van der Waals surface area contributed by atoms with Crippen LogP contribution in [0.25, 0.3) is 0 Å². The number of carbonyl (C=O) groups excluding carboxylic acids is 1. The summed E-state index contributed by atoms with van der Waals surface area (Å²) < 4.78 is 7.10. The number of aliphatic hydroxyl groups is 1. The fourth-order valence-corrected chi connectivity index (χ4v) is 5.51. The maximum Gasteiger partial charge on any atom is 1.00 e. The molecule has 0 spiro atoms. The second-order valence-electron chi connectivity index (χ2n) is 10.4. The van der Waals surface area contributed by atoms with Crippen molar-refractivity contribution >= 4 is 28.7 Å². The van der Waals surface area contributed by atoms with Gasteiger partial charge in [0.15, 0.2) is 0 Å². The molecule has 1 fully saturated rings. The summed E-state index contributed by atoms with van der Waals surface area (Å²) in [7, 11) is 0. The first kappa shape index (κ1) is 32.8. The monoisotopic (exact) mass is 550 g/mol. The maximum absolute atomic E-state index is 13.1. The first-order chi connectivity index (χ1) is 16.5. The third-order valence-corrected chi connectivity index (χ3v) is 7.67. The van der Waals surface area contributed by atoms with Crippen LogP contribution in [0.5, 0.6) is 0 Å². The van der Waals surface area contributed by atoms with Crippen LogP contribution in [0.15, 0.2) is 53.0 Å². The van der Waals surface area contributed by atoms with Crippen molar-refractivity contribution in [3.63, 3.8) is 0 Å². The van der Waals surface area contributed by atoms with Crippen LogP contribution in [0, 0.1) is 6.92 Å². The minimum atomic E-state index is -0.952. The Morgan fingerprint density at radius 2 is 1.69 bits per heavy atom. The number of carbonyl (C=O) groups is 1. The van der Waals surface area contributed by atoms with Crippen LogP contribution in [-0.2, 0) is 10.3 Å². The maximum atomic E-state index is 13.1. The van der Waals surface area contributed by atoms with Crippen molar-refractivity contribution in [1.82, 2.24) is 4.90 Å². The molecular weight excluding hydrogens is 508 g/mol. The number of amides is 1. The van der Waals surface area contributed by atoms with Crippen molar-refractivity contribution in [2.75, 3.05) is 6.54 Å². The van der Waals surface area contributed by atoms with Gasteiger partial charge in [0.1, 0.15) is 5.60 Å². The summed E-state index contributed by atoms with van der Waals surface area (Å²) in [6.45, 7) is 15.9. The Morgan fingerprint density at radius 1 is 1.11 bits per heavy atom. The van der Waals surface area contributed by atoms with E-state index in [0.29, 0.717) is 19.4 Å². The number of hydrogen-bond donors (Lipinski definition) is 1. The Labute approximate surface area is 240 Å². The molecule has 0 saturated carbocycles. The van der Waals surface area contributed by atoms with Gasteiger partial charge in [-0.15, -0.1) is 6.71 Å². The van der Waals surface area contributed by atoms with E-state index < -0.39 is 11.2 Å². The Morgan fingerprint density at radius 3 is 2.14 bits per heavy atom. The number of benzene rings is 2. The summed E-state index contributed by atoms with van der Waals surface area (Å²) in [5.41, 5.74) is 1.40. The van der Waals surface area contributed by atoms with Gasteiger partial charge in [-0.2, -0.15) is 0 Å². The molecule has 1 amide bonds. The SMILES string of the molecule is CC[B-](CC)CC.Cc1cc(Br)ccc1[C@H](C)N1CC[C@](CC(C)(C)O)(c2ccccc2)OC1=O.[Li+]. The zero-order valence-electron chi connectivity index (χ0n) is 23.6. The van der Waals surface area contributed by atoms with Crippen LogP contribution >= 0.6 is 15.9 Å². The molecule has 0 bridgehead atoms. The summed E-state index contributed by atoms with van der Waals surface area (Å²) in [5.74, 6) is 0. The summed E-state index contributed by atoms with van der Waals surface area (Å²) in [4.78, 5) is 14.9. The number of hydrogen-bond acceptors (Lipinski definition) is 3. The van der Waals surface area contributed by atoms with Crippen LogP contribution in [0.1, 0.15) is 77.1 Å². The molecule has 1 radical (unpaired) electrons. The Hall–Kier alpha value is -1.19. The number of rotatable bonds is 8. The fraction of sp³-hybridized carbons (Fsp3) is 0.552. The molecule has 1 heterocycles. The molecule has 2 aromatic rings. The van der Waals surface area contributed by atoms with E-state index in [9.17, 15) is 9.90 Å². The number of cyclic esters (lactones) is 1. The minimum Gasteiger partial charge on any atom is -0.438 e. The molecule has 1 aliphatic rings. The molecular formula is C29H43BBrLiNO3. The van der Waals surface area contributed by atoms with Gasteiger partial charge in [0.2, 0.25) is 0 Å². The minimum absolute atomic E-state index is 0. The topological polar surface area (TPSA) is 49.8 Å². The van der Waals surface area contributed by atoms with Gasteiger partial charge in [-0.25, -0.2) is 23.8 Å². The van der Waals surface area contributed by atoms with Gasteiger partial charge >= 0.3 is 25.0 Å². The Kier molecular flexibility index (Phi) is 13.4. The average Bonchev–Trinajstić information content (AvgIpc) is 2.80. The molecule has 0 aliphatic carbocycles. The number of nitrogens with zero attached hydrogens (tertiary/aromatic N) is 1. The molecule has 3 rings (SSSR count). The standard InChI is InChI=1S/C23H28BrNO3.C6H15B.Li/c1-16-14-19(24)10-11-20(16)17(2)25-13-12-23(28-21(25)26,15-22(3,4)27)18-8-6-5-7-9-18;1-4-7(5-2)6-3;/h5-11,14,17,27H,12-13,15H2,1-4H3;4-6H2,1-3H3;/q;-1;+1/t17-,23-;;/m0../s1. The van der Waals surface area contributed by atoms with E-state index in [-0.39, 0.29) is 31.0 Å². The van der Waals surface area contributed by atoms with Crippen molar-refractivity contribution in [2.24, 2.45) is 0 Å². The molecule has 0 aromatic heterocycles. The van der Waals surface area contributed by atoms with Gasteiger partial charge in [0.25, 0.3) is 0 Å². The average molecular weight is 551 g/mol. The summed E-state index contributed by atoms with van der Waals surface area (Å²) >= 11 is 3.49. The van der Waals surface area contributed by atoms with E-state index in [1.165, 1.54) is 19.0 Å². The van der Waals surface area contributed by atoms with Crippen molar-refractivity contribution in [3.8, 4) is 0 Å². The normalized spacial score (nSPS) is 18.6. The molecule has 1 aliphatic heterocycles. The van der Waals surface area contributed by atoms with E-state index in [4.69, 9.17) is 4.74 Å². The quantitative estimate of drug-likeness (QED) is 0.456. The molecule has 7 heteroatoms. The van der Waals surface area contributed by atoms with E-state index in [2.05, 4.69) is 49.7 Å². The van der Waals surface area contributed by atoms with Gasteiger partial charge in [-0.1, -0.05) is 73.1 Å². The van der Waals surface area contributed by atoms with Gasteiger partial charge in [-0.3, -0.25) is 0 Å². The first-order valence-electron chi connectivity index (χ1n) is 13.0. The Balaban J connectivity index is 0.000000712. The van der Waals surface area contributed by atoms with Crippen LogP contribution in [0.4, 0.5) is 4.79 Å². The fourth-order valence-electron chi connectivity index (χ4n) is 5.03. The van der Waals surface area contributed by atoms with Gasteiger partial charge in [-0.05, 0) is 56.5 Å². The van der Waals surface area contributed by atoms with E-state index in [1.807, 2.05) is 49.4 Å². The van der Waals surface area contributed by atoms with Crippen molar-refractivity contribution in [3.05, 3.63) is 69.7 Å². The first-order valence-corrected chi connectivity index (χ1v) is 13.8. The van der Waals surface area contributed by atoms with E-state index in [1.54, 1.807) is 18.7 Å². The van der Waals surface area contributed by atoms with Crippen molar-refractivity contribution < 1.29 is 33.5 Å². The summed E-state index contributed by atoms with van der Waals surface area (Å²) in [5, 5.41) is 10.5. The zero-order chi connectivity index (χ0) is 26.2. The molecule has 2 atom stereocenters. The largest absolute Gasteiger partial charge is 1.00 e. The van der Waals surface area contributed by atoms with Gasteiger partial charge < -0.3 is 14.7 Å². The van der Waals surface area contributed by atoms with Crippen LogP contribution < -0.4 is 18.9 Å². The van der Waals surface area contributed by atoms with Gasteiger partial charge in [0.05, 0.1) is 11.6 Å². The number of halogens is 1. The molecule has 0 unspecified atom stereocenters.